The van der Waals surface area contributed by atoms with Crippen LogP contribution < -0.4 is 5.56 Å². The van der Waals surface area contributed by atoms with Crippen LogP contribution in [0.15, 0.2) is 23.0 Å². The number of nitriles is 1. The topological polar surface area (TPSA) is 56.6 Å². The Morgan fingerprint density at radius 2 is 1.70 bits per heavy atom. The van der Waals surface area contributed by atoms with Crippen molar-refractivity contribution in [3.8, 4) is 6.07 Å². The average Bonchev–Trinajstić information content (AvgIpc) is 2.33. The van der Waals surface area contributed by atoms with E-state index in [2.05, 4.69) is 37.0 Å². The van der Waals surface area contributed by atoms with Gasteiger partial charge in [-0.1, -0.05) is 29.3 Å². The predicted molar refractivity (Wildman–Crippen MR) is 80.0 cm³/mol. The number of rotatable bonds is 2. The predicted octanol–water partition coefficient (Wildman–Crippen LogP) is 3.07. The van der Waals surface area contributed by atoms with Gasteiger partial charge in [-0.05, 0) is 50.8 Å². The molecule has 1 aromatic heterocycles. The van der Waals surface area contributed by atoms with Gasteiger partial charge < -0.3 is 4.98 Å². The van der Waals surface area contributed by atoms with E-state index in [1.165, 1.54) is 16.7 Å². The highest BCUT2D eigenvalue weighted by molar-refractivity contribution is 5.44. The Morgan fingerprint density at radius 1 is 1.10 bits per heavy atom. The molecule has 1 N–H and O–H groups in total. The molecular weight excluding hydrogens is 248 g/mol. The summed E-state index contributed by atoms with van der Waals surface area (Å²) < 4.78 is 0. The molecule has 102 valence electrons. The number of pyridine rings is 1. The van der Waals surface area contributed by atoms with Gasteiger partial charge in [0.25, 0.3) is 5.56 Å². The van der Waals surface area contributed by atoms with Crippen LogP contribution in [0.4, 0.5) is 0 Å². The molecule has 0 bridgehead atoms. The maximum atomic E-state index is 11.7. The molecule has 1 aromatic carbocycles. The minimum absolute atomic E-state index is 0.218. The fourth-order valence-corrected chi connectivity index (χ4v) is 2.69. The van der Waals surface area contributed by atoms with E-state index in [1.807, 2.05) is 19.9 Å². The van der Waals surface area contributed by atoms with Crippen LogP contribution in [0.2, 0.25) is 0 Å². The zero-order valence-corrected chi connectivity index (χ0v) is 12.3. The normalized spacial score (nSPS) is 10.3. The third-order valence-corrected chi connectivity index (χ3v) is 3.58. The molecule has 0 aliphatic heterocycles. The van der Waals surface area contributed by atoms with Crippen molar-refractivity contribution in [2.24, 2.45) is 0 Å². The Labute approximate surface area is 118 Å². The minimum Gasteiger partial charge on any atom is -0.325 e. The van der Waals surface area contributed by atoms with Crippen molar-refractivity contribution in [1.29, 1.82) is 5.26 Å². The zero-order chi connectivity index (χ0) is 14.9. The van der Waals surface area contributed by atoms with E-state index in [-0.39, 0.29) is 11.1 Å². The minimum atomic E-state index is -0.299. The van der Waals surface area contributed by atoms with Crippen LogP contribution in [0.5, 0.6) is 0 Å². The first-order chi connectivity index (χ1) is 9.42. The monoisotopic (exact) mass is 266 g/mol. The number of benzene rings is 1. The molecule has 20 heavy (non-hydrogen) atoms. The largest absolute Gasteiger partial charge is 0.325 e. The molecule has 0 fully saturated rings. The summed E-state index contributed by atoms with van der Waals surface area (Å²) in [5, 5.41) is 9.10. The third-order valence-electron chi connectivity index (χ3n) is 3.58. The molecule has 0 saturated carbocycles. The van der Waals surface area contributed by atoms with Crippen molar-refractivity contribution in [3.63, 3.8) is 0 Å². The summed E-state index contributed by atoms with van der Waals surface area (Å²) in [4.78, 5) is 14.5. The summed E-state index contributed by atoms with van der Waals surface area (Å²) >= 11 is 0. The van der Waals surface area contributed by atoms with Crippen molar-refractivity contribution < 1.29 is 0 Å². The number of aromatic nitrogens is 1. The molecule has 3 nitrogen and oxygen atoms in total. The SMILES string of the molecule is Cc1cc(C)cc(Cc2c(C)[nH]c(=O)c(C#N)c2C)c1. The van der Waals surface area contributed by atoms with Gasteiger partial charge in [-0.15, -0.1) is 0 Å². The van der Waals surface area contributed by atoms with E-state index in [9.17, 15) is 4.79 Å². The smallest absolute Gasteiger partial charge is 0.266 e. The maximum absolute atomic E-state index is 11.7. The molecule has 0 atom stereocenters. The van der Waals surface area contributed by atoms with Crippen LogP contribution in [0.25, 0.3) is 0 Å². The van der Waals surface area contributed by atoms with Gasteiger partial charge in [0, 0.05) is 5.69 Å². The highest BCUT2D eigenvalue weighted by atomic mass is 16.1. The van der Waals surface area contributed by atoms with E-state index in [1.54, 1.807) is 0 Å². The lowest BCUT2D eigenvalue weighted by atomic mass is 9.95. The van der Waals surface area contributed by atoms with E-state index in [0.29, 0.717) is 0 Å². The summed E-state index contributed by atoms with van der Waals surface area (Å²) in [6, 6.07) is 8.42. The third kappa shape index (κ3) is 2.65. The lowest BCUT2D eigenvalue weighted by Crippen LogP contribution is -2.16. The molecule has 0 unspecified atom stereocenters. The zero-order valence-electron chi connectivity index (χ0n) is 12.3. The van der Waals surface area contributed by atoms with Crippen molar-refractivity contribution >= 4 is 0 Å². The molecule has 0 aliphatic carbocycles. The Hall–Kier alpha value is -2.34. The lowest BCUT2D eigenvalue weighted by molar-refractivity contribution is 1.01. The maximum Gasteiger partial charge on any atom is 0.266 e. The average molecular weight is 266 g/mol. The van der Waals surface area contributed by atoms with E-state index < -0.39 is 0 Å². The van der Waals surface area contributed by atoms with E-state index in [0.717, 1.165) is 23.2 Å². The number of H-pyrrole nitrogens is 1. The molecule has 0 aliphatic rings. The molecule has 1 heterocycles. The van der Waals surface area contributed by atoms with Gasteiger partial charge in [0.2, 0.25) is 0 Å². The van der Waals surface area contributed by atoms with Crippen molar-refractivity contribution in [3.05, 3.63) is 67.6 Å². The van der Waals surface area contributed by atoms with Gasteiger partial charge in [-0.25, -0.2) is 0 Å². The Balaban J connectivity index is 2.54. The van der Waals surface area contributed by atoms with E-state index >= 15 is 0 Å². The van der Waals surface area contributed by atoms with Crippen molar-refractivity contribution in [2.45, 2.75) is 34.1 Å². The van der Waals surface area contributed by atoms with E-state index in [4.69, 9.17) is 5.26 Å². The number of hydrogen-bond acceptors (Lipinski definition) is 2. The van der Waals surface area contributed by atoms with Crippen molar-refractivity contribution in [2.75, 3.05) is 0 Å². The van der Waals surface area contributed by atoms with Gasteiger partial charge in [0.05, 0.1) is 0 Å². The quantitative estimate of drug-likeness (QED) is 0.908. The van der Waals surface area contributed by atoms with Crippen LogP contribution in [0, 0.1) is 39.0 Å². The molecule has 0 spiro atoms. The second-order valence-electron chi connectivity index (χ2n) is 5.34. The first kappa shape index (κ1) is 14.1. The number of hydrogen-bond donors (Lipinski definition) is 1. The van der Waals surface area contributed by atoms with Crippen LogP contribution >= 0.6 is 0 Å². The second kappa shape index (κ2) is 5.34. The van der Waals surface area contributed by atoms with Gasteiger partial charge >= 0.3 is 0 Å². The summed E-state index contributed by atoms with van der Waals surface area (Å²) in [5.41, 5.74) is 6.22. The van der Waals surface area contributed by atoms with Crippen LogP contribution in [0.1, 0.15) is 39.1 Å². The molecule has 0 radical (unpaired) electrons. The fraction of sp³-hybridized carbons (Fsp3) is 0.294. The first-order valence-corrected chi connectivity index (χ1v) is 6.62. The van der Waals surface area contributed by atoms with Gasteiger partial charge in [-0.2, -0.15) is 5.26 Å². The molecule has 2 aromatic rings. The molecule has 0 saturated heterocycles. The van der Waals surface area contributed by atoms with Crippen LogP contribution in [-0.4, -0.2) is 4.98 Å². The molecular formula is C17H18N2O. The Bertz CT molecular complexity index is 744. The van der Waals surface area contributed by atoms with Crippen LogP contribution in [0.3, 0.4) is 0 Å². The highest BCUT2D eigenvalue weighted by Crippen LogP contribution is 2.19. The highest BCUT2D eigenvalue weighted by Gasteiger charge is 2.12. The number of aryl methyl sites for hydroxylation is 3. The Kier molecular flexibility index (Phi) is 3.76. The number of aromatic amines is 1. The number of nitrogens with one attached hydrogen (secondary N) is 1. The summed E-state index contributed by atoms with van der Waals surface area (Å²) in [6.45, 7) is 7.87. The summed E-state index contributed by atoms with van der Waals surface area (Å²) in [7, 11) is 0. The summed E-state index contributed by atoms with van der Waals surface area (Å²) in [6.07, 6.45) is 0.728. The molecule has 0 amide bonds. The molecule has 3 heteroatoms. The van der Waals surface area contributed by atoms with Gasteiger partial charge in [-0.3, -0.25) is 4.79 Å². The fourth-order valence-electron chi connectivity index (χ4n) is 2.69. The lowest BCUT2D eigenvalue weighted by Gasteiger charge is -2.12. The van der Waals surface area contributed by atoms with Gasteiger partial charge in [0.1, 0.15) is 11.6 Å². The number of nitrogens with zero attached hydrogens (tertiary/aromatic N) is 1. The second-order valence-corrected chi connectivity index (χ2v) is 5.34. The molecule has 2 rings (SSSR count). The van der Waals surface area contributed by atoms with Crippen LogP contribution in [-0.2, 0) is 6.42 Å². The first-order valence-electron chi connectivity index (χ1n) is 6.62. The van der Waals surface area contributed by atoms with Gasteiger partial charge in [0.15, 0.2) is 0 Å². The van der Waals surface area contributed by atoms with Crippen molar-refractivity contribution in [1.82, 2.24) is 4.98 Å². The summed E-state index contributed by atoms with van der Waals surface area (Å²) in [5.74, 6) is 0. The standard InChI is InChI=1S/C17H18N2O/c1-10-5-11(2)7-14(6-10)8-15-12(3)16(9-18)17(20)19-13(15)4/h5-7H,8H2,1-4H3,(H,19,20). The Morgan fingerprint density at radius 3 is 2.25 bits per heavy atom.